The van der Waals surface area contributed by atoms with Crippen molar-refractivity contribution < 1.29 is 55.4 Å². The fourth-order valence-corrected chi connectivity index (χ4v) is 5.31. The molecule has 0 aromatic carbocycles. The molecule has 0 spiro atoms. The van der Waals surface area contributed by atoms with Crippen molar-refractivity contribution in [2.45, 2.75) is 19.0 Å². The summed E-state index contributed by atoms with van der Waals surface area (Å²) in [6.45, 7) is 0. The van der Waals surface area contributed by atoms with Gasteiger partial charge in [-0.15, -0.1) is 0 Å². The first kappa shape index (κ1) is 23.9. The minimum atomic E-state index is -5.70. The largest absolute Gasteiger partial charge is 0.488 e. The molecule has 2 aromatic heterocycles. The number of fused-ring (bicyclic) bond motifs is 1. The number of hydrogen-bond donors (Lipinski definition) is 5. The van der Waals surface area contributed by atoms with Crippen LogP contribution in [0.3, 0.4) is 0 Å². The fraction of sp³-hybridized carbons (Fsp3) is 0.444. The maximum absolute atomic E-state index is 13.3. The molecule has 0 aliphatic heterocycles. The number of aromatic nitrogens is 4. The van der Waals surface area contributed by atoms with Crippen LogP contribution in [0.15, 0.2) is 12.5 Å². The number of anilines is 1. The Labute approximate surface area is 159 Å². The van der Waals surface area contributed by atoms with Crippen molar-refractivity contribution in [3.63, 3.8) is 0 Å². The first-order chi connectivity index (χ1) is 13.2. The Morgan fingerprint density at radius 2 is 1.79 bits per heavy atom. The van der Waals surface area contributed by atoms with Crippen LogP contribution < -0.4 is 5.73 Å². The highest BCUT2D eigenvalue weighted by Crippen LogP contribution is 2.65. The molecule has 0 aliphatic rings. The second kappa shape index (κ2) is 8.78. The van der Waals surface area contributed by atoms with Gasteiger partial charge >= 0.3 is 23.2 Å². The molecule has 0 bridgehead atoms. The molecule has 2 rings (SSSR count). The topological polar surface area (TPSA) is 229 Å². The number of halogens is 2. The average molecular weight is 483 g/mol. The number of alkyl halides is 2. The summed E-state index contributed by atoms with van der Waals surface area (Å²) in [5, 5.41) is 3.80. The van der Waals surface area contributed by atoms with E-state index in [4.69, 9.17) is 20.4 Å². The van der Waals surface area contributed by atoms with Gasteiger partial charge in [0.2, 0.25) is 5.95 Å². The van der Waals surface area contributed by atoms with E-state index < -0.39 is 48.5 Å². The summed E-state index contributed by atoms with van der Waals surface area (Å²) in [4.78, 5) is 42.9. The molecule has 20 heteroatoms. The van der Waals surface area contributed by atoms with Gasteiger partial charge in [0.25, 0.3) is 6.43 Å². The number of phosphoric acid groups is 2. The van der Waals surface area contributed by atoms with E-state index in [2.05, 4.69) is 28.4 Å². The van der Waals surface area contributed by atoms with Crippen LogP contribution in [0.25, 0.3) is 5.65 Å². The van der Waals surface area contributed by atoms with E-state index in [1.165, 1.54) is 0 Å². The van der Waals surface area contributed by atoms with Crippen molar-refractivity contribution in [1.29, 1.82) is 0 Å². The summed E-state index contributed by atoms with van der Waals surface area (Å²) >= 11 is 0. The van der Waals surface area contributed by atoms with E-state index in [1.807, 2.05) is 0 Å². The maximum Gasteiger partial charge on any atom is 0.488 e. The normalized spacial score (nSPS) is 17.9. The van der Waals surface area contributed by atoms with Crippen LogP contribution in [0.5, 0.6) is 0 Å². The highest BCUT2D eigenvalue weighted by Gasteiger charge is 2.40. The van der Waals surface area contributed by atoms with Gasteiger partial charge < -0.3 is 30.0 Å². The first-order valence-corrected chi connectivity index (χ1v) is 11.9. The Bertz CT molecular complexity index is 1010. The molecule has 2 aromatic rings. The molecule has 0 fully saturated rings. The zero-order valence-corrected chi connectivity index (χ0v) is 16.6. The van der Waals surface area contributed by atoms with Gasteiger partial charge in [0.15, 0.2) is 5.65 Å². The zero-order chi connectivity index (χ0) is 22.0. The lowest BCUT2D eigenvalue weighted by atomic mass is 10.1. The molecular formula is C9H14F2N5O10P3. The third-order valence-corrected chi connectivity index (χ3v) is 7.00. The lowest BCUT2D eigenvalue weighted by molar-refractivity contribution is -0.0425. The summed E-state index contributed by atoms with van der Waals surface area (Å²) in [5.74, 6) is -0.0761. The predicted molar refractivity (Wildman–Crippen MR) is 88.5 cm³/mol. The van der Waals surface area contributed by atoms with Gasteiger partial charge in [0.1, 0.15) is 18.8 Å². The van der Waals surface area contributed by atoms with Gasteiger partial charge in [-0.2, -0.15) is 13.9 Å². The summed E-state index contributed by atoms with van der Waals surface area (Å²) in [5.41, 5.74) is 5.74. The van der Waals surface area contributed by atoms with Crippen LogP contribution in [-0.2, 0) is 33.5 Å². The van der Waals surface area contributed by atoms with E-state index in [1.54, 1.807) is 0 Å². The van der Waals surface area contributed by atoms with Gasteiger partial charge in [0, 0.05) is 12.0 Å². The summed E-state index contributed by atoms with van der Waals surface area (Å²) in [6.07, 6.45) is -5.07. The number of hydrogen-bond acceptors (Lipinski definition) is 10. The standard InChI is InChI=1S/C9H14F2N5O10P3/c10-7(11)6(1-5-2-15-16-8(5)13-3-14-9(16)12)24-4-27(17,18)25-29(22,23)26-28(19,20)21/h2-3,6-7H,1,4H2,(H,17,18)(H,22,23)(H2,12,13,14)(H2,19,20,21)/t6-/m0/s1. The molecule has 2 heterocycles. The Hall–Kier alpha value is -1.38. The second-order valence-electron chi connectivity index (χ2n) is 5.27. The highest BCUT2D eigenvalue weighted by atomic mass is 31.3. The minimum absolute atomic E-state index is 0.0742. The number of ether oxygens (including phenoxy) is 1. The molecule has 0 saturated heterocycles. The number of nitrogens with zero attached hydrogens (tertiary/aromatic N) is 4. The Morgan fingerprint density at radius 3 is 2.38 bits per heavy atom. The van der Waals surface area contributed by atoms with Crippen molar-refractivity contribution in [2.24, 2.45) is 0 Å². The van der Waals surface area contributed by atoms with Gasteiger partial charge in [-0.3, -0.25) is 4.57 Å². The van der Waals surface area contributed by atoms with E-state index in [-0.39, 0.29) is 17.2 Å². The summed E-state index contributed by atoms with van der Waals surface area (Å²) < 4.78 is 72.8. The van der Waals surface area contributed by atoms with Crippen LogP contribution in [-0.4, -0.2) is 58.0 Å². The lowest BCUT2D eigenvalue weighted by Gasteiger charge is -2.20. The second-order valence-corrected chi connectivity index (χ2v) is 10.0. The van der Waals surface area contributed by atoms with Gasteiger partial charge in [-0.1, -0.05) is 0 Å². The molecule has 29 heavy (non-hydrogen) atoms. The number of rotatable bonds is 10. The van der Waals surface area contributed by atoms with Crippen molar-refractivity contribution in [3.05, 3.63) is 18.1 Å². The maximum atomic E-state index is 13.3. The third-order valence-electron chi connectivity index (χ3n) is 3.00. The number of nitrogens with two attached hydrogens (primary N) is 1. The molecule has 164 valence electrons. The molecular weight excluding hydrogens is 469 g/mol. The fourth-order valence-electron chi connectivity index (χ4n) is 1.98. The molecule has 3 atom stereocenters. The summed E-state index contributed by atoms with van der Waals surface area (Å²) in [6, 6.07) is 0. The quantitative estimate of drug-likeness (QED) is 0.286. The van der Waals surface area contributed by atoms with Crippen LogP contribution in [0, 0.1) is 0 Å². The smallest absolute Gasteiger partial charge is 0.368 e. The number of nitrogen functional groups attached to an aromatic ring is 1. The van der Waals surface area contributed by atoms with Crippen molar-refractivity contribution in [2.75, 3.05) is 12.1 Å². The van der Waals surface area contributed by atoms with Gasteiger partial charge in [-0.25, -0.2) is 32.2 Å². The minimum Gasteiger partial charge on any atom is -0.368 e. The lowest BCUT2D eigenvalue weighted by Crippen LogP contribution is -2.25. The van der Waals surface area contributed by atoms with Gasteiger partial charge in [0.05, 0.1) is 6.20 Å². The van der Waals surface area contributed by atoms with Gasteiger partial charge in [-0.05, 0) is 0 Å². The van der Waals surface area contributed by atoms with E-state index in [0.29, 0.717) is 0 Å². The molecule has 0 amide bonds. The Balaban J connectivity index is 2.08. The van der Waals surface area contributed by atoms with E-state index in [9.17, 15) is 27.4 Å². The Kier molecular flexibility index (Phi) is 7.23. The highest BCUT2D eigenvalue weighted by molar-refractivity contribution is 7.68. The van der Waals surface area contributed by atoms with Crippen LogP contribution in [0.2, 0.25) is 0 Å². The molecule has 0 saturated carbocycles. The van der Waals surface area contributed by atoms with Crippen molar-refractivity contribution >= 4 is 34.8 Å². The van der Waals surface area contributed by atoms with Crippen molar-refractivity contribution in [3.8, 4) is 0 Å². The van der Waals surface area contributed by atoms with Crippen LogP contribution in [0.1, 0.15) is 5.56 Å². The average Bonchev–Trinajstić information content (AvgIpc) is 2.92. The van der Waals surface area contributed by atoms with E-state index in [0.717, 1.165) is 17.0 Å². The molecule has 0 radical (unpaired) electrons. The molecule has 15 nitrogen and oxygen atoms in total. The predicted octanol–water partition coefficient (Wildman–Crippen LogP) is 0.268. The third kappa shape index (κ3) is 7.12. The van der Waals surface area contributed by atoms with Crippen LogP contribution in [0.4, 0.5) is 14.7 Å². The van der Waals surface area contributed by atoms with Crippen molar-refractivity contribution in [1.82, 2.24) is 19.6 Å². The van der Waals surface area contributed by atoms with E-state index >= 15 is 0 Å². The monoisotopic (exact) mass is 483 g/mol. The Morgan fingerprint density at radius 1 is 1.14 bits per heavy atom. The SMILES string of the molecule is Nc1ncnc2c(C[C@H](OCP(=O)(O)OP(=O)(O)OP(=O)(O)O)C(F)F)cnn12. The van der Waals surface area contributed by atoms with Crippen LogP contribution >= 0.6 is 23.2 Å². The summed E-state index contributed by atoms with van der Waals surface area (Å²) in [7, 11) is -16.5. The molecule has 6 N–H and O–H groups in total. The molecule has 2 unspecified atom stereocenters. The molecule has 0 aliphatic carbocycles. The first-order valence-electron chi connectivity index (χ1n) is 7.15. The zero-order valence-electron chi connectivity index (χ0n) is 13.9.